The fourth-order valence-electron chi connectivity index (χ4n) is 3.43. The van der Waals surface area contributed by atoms with Gasteiger partial charge in [-0.3, -0.25) is 24.5 Å². The van der Waals surface area contributed by atoms with Crippen LogP contribution in [0.1, 0.15) is 36.6 Å². The molecule has 3 aromatic rings. The van der Waals surface area contributed by atoms with Crippen molar-refractivity contribution in [3.8, 4) is 0 Å². The van der Waals surface area contributed by atoms with Crippen molar-refractivity contribution in [2.45, 2.75) is 6.92 Å². The van der Waals surface area contributed by atoms with E-state index in [2.05, 4.69) is 5.32 Å². The monoisotopic (exact) mass is 435 g/mol. The van der Waals surface area contributed by atoms with E-state index in [1.165, 1.54) is 43.3 Å². The third kappa shape index (κ3) is 3.43. The molecule has 9 heteroatoms. The van der Waals surface area contributed by atoms with Crippen LogP contribution in [0.2, 0.25) is 5.02 Å². The highest BCUT2D eigenvalue weighted by Crippen LogP contribution is 2.33. The van der Waals surface area contributed by atoms with Gasteiger partial charge in [-0.15, -0.1) is 0 Å². The maximum Gasteiger partial charge on any atom is 0.273 e. The number of carbonyl (C=O) groups is 3. The minimum atomic E-state index is -0.573. The maximum atomic E-state index is 12.6. The van der Waals surface area contributed by atoms with E-state index in [1.807, 2.05) is 0 Å². The second-order valence-electron chi connectivity index (χ2n) is 6.82. The number of nitro benzene ring substituents is 1. The smallest absolute Gasteiger partial charge is 0.273 e. The van der Waals surface area contributed by atoms with Gasteiger partial charge in [-0.25, -0.2) is 4.90 Å². The number of halogens is 1. The lowest BCUT2D eigenvalue weighted by molar-refractivity contribution is -0.385. The molecule has 0 aliphatic carbocycles. The lowest BCUT2D eigenvalue weighted by Gasteiger charge is -2.16. The van der Waals surface area contributed by atoms with Crippen LogP contribution in [0.4, 0.5) is 17.1 Å². The number of hydrogen-bond donors (Lipinski definition) is 1. The third-order valence-corrected chi connectivity index (χ3v) is 5.31. The number of carbonyl (C=O) groups excluding carboxylic acids is 3. The fourth-order valence-corrected chi connectivity index (χ4v) is 3.65. The average molecular weight is 436 g/mol. The molecule has 1 heterocycles. The molecule has 0 fully saturated rings. The fraction of sp³-hybridized carbons (Fsp3) is 0.0455. The molecule has 31 heavy (non-hydrogen) atoms. The van der Waals surface area contributed by atoms with Gasteiger partial charge in [-0.05, 0) is 43.3 Å². The molecule has 4 rings (SSSR count). The Balaban J connectivity index is 1.60. The van der Waals surface area contributed by atoms with Crippen molar-refractivity contribution in [3.63, 3.8) is 0 Å². The van der Waals surface area contributed by atoms with E-state index in [1.54, 1.807) is 24.3 Å². The summed E-state index contributed by atoms with van der Waals surface area (Å²) in [5.74, 6) is -1.49. The molecule has 3 amide bonds. The molecular formula is C22H14ClN3O5. The number of amides is 3. The van der Waals surface area contributed by atoms with Gasteiger partial charge in [0.05, 0.1) is 32.4 Å². The quantitative estimate of drug-likeness (QED) is 0.365. The van der Waals surface area contributed by atoms with Gasteiger partial charge in [0.25, 0.3) is 23.4 Å². The Morgan fingerprint density at radius 3 is 2.23 bits per heavy atom. The molecule has 0 radical (unpaired) electrons. The molecule has 3 aromatic carbocycles. The first-order valence-electron chi connectivity index (χ1n) is 9.12. The Labute approximate surface area is 181 Å². The van der Waals surface area contributed by atoms with E-state index in [0.717, 1.165) is 4.90 Å². The van der Waals surface area contributed by atoms with E-state index in [-0.39, 0.29) is 33.2 Å². The van der Waals surface area contributed by atoms with Gasteiger partial charge in [0, 0.05) is 17.2 Å². The molecule has 0 saturated heterocycles. The summed E-state index contributed by atoms with van der Waals surface area (Å²) in [6.07, 6.45) is 0. The zero-order chi connectivity index (χ0) is 22.3. The van der Waals surface area contributed by atoms with E-state index in [0.29, 0.717) is 11.1 Å². The number of anilines is 2. The van der Waals surface area contributed by atoms with E-state index in [4.69, 9.17) is 11.6 Å². The van der Waals surface area contributed by atoms with Crippen molar-refractivity contribution in [2.24, 2.45) is 0 Å². The topological polar surface area (TPSA) is 110 Å². The zero-order valence-electron chi connectivity index (χ0n) is 16.1. The molecule has 154 valence electrons. The zero-order valence-corrected chi connectivity index (χ0v) is 16.8. The second kappa shape index (κ2) is 7.66. The van der Waals surface area contributed by atoms with Crippen LogP contribution in [0.25, 0.3) is 0 Å². The van der Waals surface area contributed by atoms with Crippen LogP contribution in [-0.2, 0) is 0 Å². The molecule has 0 spiro atoms. The lowest BCUT2D eigenvalue weighted by Crippen LogP contribution is -2.29. The van der Waals surface area contributed by atoms with Crippen molar-refractivity contribution < 1.29 is 19.3 Å². The predicted octanol–water partition coefficient (Wildman–Crippen LogP) is 4.61. The Hall–Kier alpha value is -4.04. The molecule has 0 unspecified atom stereocenters. The normalized spacial score (nSPS) is 12.6. The molecule has 1 aliphatic rings. The van der Waals surface area contributed by atoms with Gasteiger partial charge < -0.3 is 5.32 Å². The van der Waals surface area contributed by atoms with Crippen LogP contribution < -0.4 is 10.2 Å². The first-order chi connectivity index (χ1) is 14.8. The minimum Gasteiger partial charge on any atom is -0.321 e. The van der Waals surface area contributed by atoms with Gasteiger partial charge in [-0.1, -0.05) is 29.8 Å². The summed E-state index contributed by atoms with van der Waals surface area (Å²) in [6, 6.07) is 15.1. The van der Waals surface area contributed by atoms with Crippen LogP contribution in [0.15, 0.2) is 60.7 Å². The highest BCUT2D eigenvalue weighted by Gasteiger charge is 2.36. The van der Waals surface area contributed by atoms with Crippen molar-refractivity contribution in [1.29, 1.82) is 0 Å². The number of rotatable bonds is 4. The predicted molar refractivity (Wildman–Crippen MR) is 115 cm³/mol. The summed E-state index contributed by atoms with van der Waals surface area (Å²) in [7, 11) is 0. The largest absolute Gasteiger partial charge is 0.321 e. The van der Waals surface area contributed by atoms with Gasteiger partial charge in [0.1, 0.15) is 0 Å². The Morgan fingerprint density at radius 2 is 1.65 bits per heavy atom. The number of benzene rings is 3. The Kier molecular flexibility index (Phi) is 5.00. The number of hydrogen-bond acceptors (Lipinski definition) is 5. The second-order valence-corrected chi connectivity index (χ2v) is 7.22. The Bertz CT molecular complexity index is 1250. The first kappa shape index (κ1) is 20.2. The molecule has 0 atom stereocenters. The number of nitrogens with zero attached hydrogens (tertiary/aromatic N) is 2. The number of nitro groups is 1. The summed E-state index contributed by atoms with van der Waals surface area (Å²) in [5, 5.41) is 13.8. The van der Waals surface area contributed by atoms with Crippen molar-refractivity contribution in [1.82, 2.24) is 0 Å². The maximum absolute atomic E-state index is 12.6. The highest BCUT2D eigenvalue weighted by molar-refractivity contribution is 6.37. The number of imide groups is 1. The summed E-state index contributed by atoms with van der Waals surface area (Å²) in [6.45, 7) is 1.49. The number of nitrogens with one attached hydrogen (secondary N) is 1. The minimum absolute atomic E-state index is 0.102. The lowest BCUT2D eigenvalue weighted by atomic mass is 10.1. The van der Waals surface area contributed by atoms with Gasteiger partial charge in [0.15, 0.2) is 0 Å². The third-order valence-electron chi connectivity index (χ3n) is 5.00. The van der Waals surface area contributed by atoms with E-state index < -0.39 is 22.6 Å². The van der Waals surface area contributed by atoms with Gasteiger partial charge >= 0.3 is 0 Å². The first-order valence-corrected chi connectivity index (χ1v) is 9.50. The van der Waals surface area contributed by atoms with Crippen molar-refractivity contribution in [2.75, 3.05) is 10.2 Å². The molecule has 0 aromatic heterocycles. The van der Waals surface area contributed by atoms with Crippen LogP contribution in [-0.4, -0.2) is 22.6 Å². The molecule has 1 N–H and O–H groups in total. The van der Waals surface area contributed by atoms with Crippen molar-refractivity contribution >= 4 is 46.4 Å². The van der Waals surface area contributed by atoms with Crippen LogP contribution in [0, 0.1) is 17.0 Å². The molecule has 1 aliphatic heterocycles. The van der Waals surface area contributed by atoms with Gasteiger partial charge in [0.2, 0.25) is 0 Å². The average Bonchev–Trinajstić information content (AvgIpc) is 3.00. The van der Waals surface area contributed by atoms with E-state index >= 15 is 0 Å². The SMILES string of the molecule is Cc1c(C(=O)Nc2ccc(N3C(=O)c4ccccc4C3=O)cc2Cl)cccc1[N+](=O)[O-]. The summed E-state index contributed by atoms with van der Waals surface area (Å²) < 4.78 is 0. The summed E-state index contributed by atoms with van der Waals surface area (Å²) in [4.78, 5) is 49.5. The summed E-state index contributed by atoms with van der Waals surface area (Å²) in [5.41, 5.74) is 1.31. The standard InChI is InChI=1S/C22H14ClN3O5/c1-12-14(7-4-8-19(12)26(30)31)20(27)24-18-10-9-13(11-17(18)23)25-21(28)15-5-2-3-6-16(15)22(25)29/h2-11H,1H3,(H,24,27). The molecule has 0 saturated carbocycles. The number of fused-ring (bicyclic) bond motifs is 1. The molecular weight excluding hydrogens is 422 g/mol. The molecule has 8 nitrogen and oxygen atoms in total. The van der Waals surface area contributed by atoms with Crippen LogP contribution >= 0.6 is 11.6 Å². The van der Waals surface area contributed by atoms with Crippen LogP contribution in [0.5, 0.6) is 0 Å². The van der Waals surface area contributed by atoms with Gasteiger partial charge in [-0.2, -0.15) is 0 Å². The van der Waals surface area contributed by atoms with Crippen LogP contribution in [0.3, 0.4) is 0 Å². The van der Waals surface area contributed by atoms with E-state index in [9.17, 15) is 24.5 Å². The summed E-state index contributed by atoms with van der Waals surface area (Å²) >= 11 is 6.30. The molecule has 0 bridgehead atoms. The van der Waals surface area contributed by atoms with Crippen molar-refractivity contribution in [3.05, 3.63) is 98.1 Å². The Morgan fingerprint density at radius 1 is 1.00 bits per heavy atom. The highest BCUT2D eigenvalue weighted by atomic mass is 35.5.